The summed E-state index contributed by atoms with van der Waals surface area (Å²) in [4.78, 5) is 16.8. The van der Waals surface area contributed by atoms with Gasteiger partial charge in [0.2, 0.25) is 0 Å². The summed E-state index contributed by atoms with van der Waals surface area (Å²) in [6, 6.07) is 0. The number of carbonyl (C=O) groups excluding carboxylic acids is 1. The van der Waals surface area contributed by atoms with Gasteiger partial charge in [-0.25, -0.2) is 5.90 Å². The normalized spacial score (nSPS) is 5.78. The highest BCUT2D eigenvalue weighted by Crippen LogP contribution is 1.55. The van der Waals surface area contributed by atoms with E-state index in [9.17, 15) is 4.79 Å². The number of hydrogen-bond acceptors (Lipinski definition) is 5. The summed E-state index contributed by atoms with van der Waals surface area (Å²) in [5, 5.41) is 0. The van der Waals surface area contributed by atoms with Gasteiger partial charge in [-0.15, -0.1) is 0 Å². The van der Waals surface area contributed by atoms with Gasteiger partial charge in [-0.2, -0.15) is 5.90 Å². The standard InChI is InChI=1S/C2H5NO2.CH5NO.CH4/c1-2(4)5-3;1-3-2;/h3H2,1H3;2H2,1H3;1H4. The van der Waals surface area contributed by atoms with Gasteiger partial charge in [0.25, 0.3) is 0 Å². The summed E-state index contributed by atoms with van der Waals surface area (Å²) in [7, 11) is 1.40. The quantitative estimate of drug-likeness (QED) is 0.443. The predicted molar refractivity (Wildman–Crippen MR) is 33.9 cm³/mol. The van der Waals surface area contributed by atoms with Gasteiger partial charge < -0.3 is 9.68 Å². The molecule has 0 saturated carbocycles. The zero-order valence-corrected chi connectivity index (χ0v) is 4.88. The molecule has 0 heterocycles. The minimum absolute atomic E-state index is 0. The van der Waals surface area contributed by atoms with Gasteiger partial charge in [-0.1, -0.05) is 7.43 Å². The van der Waals surface area contributed by atoms with Gasteiger partial charge in [-0.05, 0) is 0 Å². The van der Waals surface area contributed by atoms with E-state index in [1.165, 1.54) is 14.0 Å². The highest BCUT2D eigenvalue weighted by molar-refractivity contribution is 5.65. The molecule has 0 fully saturated rings. The van der Waals surface area contributed by atoms with Crippen LogP contribution in [0.5, 0.6) is 0 Å². The number of rotatable bonds is 0. The second-order valence-electron chi connectivity index (χ2n) is 0.845. The van der Waals surface area contributed by atoms with Crippen LogP contribution in [-0.4, -0.2) is 13.1 Å². The van der Waals surface area contributed by atoms with Crippen molar-refractivity contribution in [1.82, 2.24) is 0 Å². The van der Waals surface area contributed by atoms with Crippen LogP contribution in [0, 0.1) is 0 Å². The van der Waals surface area contributed by atoms with E-state index in [2.05, 4.69) is 21.5 Å². The van der Waals surface area contributed by atoms with E-state index < -0.39 is 5.97 Å². The van der Waals surface area contributed by atoms with Crippen molar-refractivity contribution in [3.63, 3.8) is 0 Å². The molecular weight excluding hydrogens is 124 g/mol. The number of nitrogens with two attached hydrogens (primary N) is 2. The monoisotopic (exact) mass is 138 g/mol. The number of carbonyl (C=O) groups is 1. The molecule has 0 spiro atoms. The highest BCUT2D eigenvalue weighted by Gasteiger charge is 1.77. The lowest BCUT2D eigenvalue weighted by Gasteiger charge is -1.79. The van der Waals surface area contributed by atoms with E-state index in [1.54, 1.807) is 0 Å². The molecule has 0 atom stereocenters. The fraction of sp³-hybridized carbons (Fsp3) is 0.750. The average molecular weight is 138 g/mol. The SMILES string of the molecule is C.CC(=O)ON.CON. The molecular formula is C4H14N2O3. The van der Waals surface area contributed by atoms with Gasteiger partial charge in [0.1, 0.15) is 0 Å². The van der Waals surface area contributed by atoms with Crippen molar-refractivity contribution in [2.75, 3.05) is 7.11 Å². The van der Waals surface area contributed by atoms with Crippen molar-refractivity contribution in [1.29, 1.82) is 0 Å². The molecule has 0 radical (unpaired) electrons. The molecule has 5 nitrogen and oxygen atoms in total. The Kier molecular flexibility index (Phi) is 27.4. The maximum Gasteiger partial charge on any atom is 0.321 e. The summed E-state index contributed by atoms with van der Waals surface area (Å²) in [5.41, 5.74) is 0. The minimum atomic E-state index is -0.468. The van der Waals surface area contributed by atoms with E-state index in [-0.39, 0.29) is 7.43 Å². The van der Waals surface area contributed by atoms with Crippen molar-refractivity contribution in [3.8, 4) is 0 Å². The first-order chi connectivity index (χ1) is 3.68. The molecule has 0 aliphatic rings. The second-order valence-corrected chi connectivity index (χ2v) is 0.845. The zero-order valence-electron chi connectivity index (χ0n) is 4.88. The van der Waals surface area contributed by atoms with Crippen LogP contribution in [0.4, 0.5) is 0 Å². The van der Waals surface area contributed by atoms with Crippen LogP contribution in [0.3, 0.4) is 0 Å². The Bertz CT molecular complexity index is 57.8. The first kappa shape index (κ1) is 15.8. The summed E-state index contributed by atoms with van der Waals surface area (Å²) < 4.78 is 0. The van der Waals surface area contributed by atoms with Gasteiger partial charge >= 0.3 is 5.97 Å². The molecule has 0 bridgehead atoms. The molecule has 9 heavy (non-hydrogen) atoms. The first-order valence-electron chi connectivity index (χ1n) is 1.79. The van der Waals surface area contributed by atoms with Crippen LogP contribution in [0.1, 0.15) is 14.4 Å². The molecule has 5 heteroatoms. The Balaban J connectivity index is -0.0000000800. The third-order valence-electron chi connectivity index (χ3n) is 0.166. The molecule has 4 N–H and O–H groups in total. The van der Waals surface area contributed by atoms with Gasteiger partial charge in [0.05, 0.1) is 7.11 Å². The second kappa shape index (κ2) is 15.7. The Hall–Kier alpha value is -0.650. The molecule has 0 aliphatic carbocycles. The van der Waals surface area contributed by atoms with Crippen molar-refractivity contribution >= 4 is 5.97 Å². The summed E-state index contributed by atoms with van der Waals surface area (Å²) in [6.07, 6.45) is 0. The van der Waals surface area contributed by atoms with Crippen LogP contribution in [0.25, 0.3) is 0 Å². The van der Waals surface area contributed by atoms with Gasteiger partial charge in [0.15, 0.2) is 0 Å². The first-order valence-corrected chi connectivity index (χ1v) is 1.79. The molecule has 0 aliphatic heterocycles. The van der Waals surface area contributed by atoms with Gasteiger partial charge in [0, 0.05) is 6.92 Å². The topological polar surface area (TPSA) is 87.6 Å². The highest BCUT2D eigenvalue weighted by atomic mass is 16.7. The lowest BCUT2D eigenvalue weighted by Crippen LogP contribution is -2.03. The van der Waals surface area contributed by atoms with E-state index in [4.69, 9.17) is 0 Å². The molecule has 0 saturated heterocycles. The maximum atomic E-state index is 9.47. The van der Waals surface area contributed by atoms with E-state index in [1.807, 2.05) is 0 Å². The van der Waals surface area contributed by atoms with Crippen LogP contribution in [-0.2, 0) is 14.5 Å². The predicted octanol–water partition coefficient (Wildman–Crippen LogP) is -0.434. The van der Waals surface area contributed by atoms with Crippen molar-refractivity contribution in [3.05, 3.63) is 0 Å². The molecule has 58 valence electrons. The Morgan fingerprint density at radius 3 is 1.56 bits per heavy atom. The Morgan fingerprint density at radius 1 is 1.44 bits per heavy atom. The minimum Gasteiger partial charge on any atom is -0.374 e. The van der Waals surface area contributed by atoms with Crippen LogP contribution in [0.2, 0.25) is 0 Å². The molecule has 0 rings (SSSR count). The fourth-order valence-corrected chi connectivity index (χ4v) is 0. The third kappa shape index (κ3) is 115. The summed E-state index contributed by atoms with van der Waals surface area (Å²) >= 11 is 0. The van der Waals surface area contributed by atoms with Crippen molar-refractivity contribution < 1.29 is 14.5 Å². The molecule has 0 aromatic rings. The smallest absolute Gasteiger partial charge is 0.321 e. The maximum absolute atomic E-state index is 9.47. The Morgan fingerprint density at radius 2 is 1.56 bits per heavy atom. The molecule has 0 aromatic heterocycles. The van der Waals surface area contributed by atoms with Crippen LogP contribution >= 0.6 is 0 Å². The average Bonchev–Trinajstić information content (AvgIpc) is 1.69. The summed E-state index contributed by atoms with van der Waals surface area (Å²) in [5.74, 6) is 8.20. The van der Waals surface area contributed by atoms with E-state index in [0.717, 1.165) is 0 Å². The van der Waals surface area contributed by atoms with Crippen LogP contribution < -0.4 is 11.8 Å². The van der Waals surface area contributed by atoms with Gasteiger partial charge in [-0.3, -0.25) is 4.79 Å². The third-order valence-corrected chi connectivity index (χ3v) is 0.166. The largest absolute Gasteiger partial charge is 0.374 e. The number of hydrogen-bond donors (Lipinski definition) is 2. The lowest BCUT2D eigenvalue weighted by molar-refractivity contribution is -0.141. The van der Waals surface area contributed by atoms with Crippen LogP contribution in [0.15, 0.2) is 0 Å². The molecule has 0 amide bonds. The molecule has 0 unspecified atom stereocenters. The lowest BCUT2D eigenvalue weighted by atomic mass is 10.8. The van der Waals surface area contributed by atoms with Crippen molar-refractivity contribution in [2.45, 2.75) is 14.4 Å². The summed E-state index contributed by atoms with van der Waals surface area (Å²) in [6.45, 7) is 1.24. The zero-order chi connectivity index (χ0) is 6.99. The van der Waals surface area contributed by atoms with Crippen molar-refractivity contribution in [2.24, 2.45) is 11.8 Å². The Labute approximate surface area is 54.8 Å². The molecule has 0 aromatic carbocycles. The fourth-order valence-electron chi connectivity index (χ4n) is 0. The van der Waals surface area contributed by atoms with E-state index >= 15 is 0 Å². The van der Waals surface area contributed by atoms with E-state index in [0.29, 0.717) is 0 Å².